The molecular weight excluding hydrogens is 265 g/mol. The number of hydrogen-bond donors (Lipinski definition) is 1. The standard InChI is InChI=1S/C11H9F3N2OS/c1-7-2-3-8(18-11(12,13)14)6-9(7)16-10(17)4-5-15/h2-3,6H,4H2,1H3,(H,16,17). The number of carbonyl (C=O) groups is 1. The average molecular weight is 274 g/mol. The number of hydrogen-bond acceptors (Lipinski definition) is 3. The summed E-state index contributed by atoms with van der Waals surface area (Å²) >= 11 is -0.252. The second kappa shape index (κ2) is 5.78. The highest BCUT2D eigenvalue weighted by molar-refractivity contribution is 8.00. The van der Waals surface area contributed by atoms with Crippen molar-refractivity contribution in [3.05, 3.63) is 23.8 Å². The van der Waals surface area contributed by atoms with Gasteiger partial charge in [0.25, 0.3) is 0 Å². The van der Waals surface area contributed by atoms with Crippen LogP contribution in [0.1, 0.15) is 12.0 Å². The van der Waals surface area contributed by atoms with Gasteiger partial charge in [0.2, 0.25) is 5.91 Å². The Morgan fingerprint density at radius 3 is 2.72 bits per heavy atom. The van der Waals surface area contributed by atoms with Gasteiger partial charge in [-0.1, -0.05) is 6.07 Å². The number of benzene rings is 1. The van der Waals surface area contributed by atoms with Crippen molar-refractivity contribution < 1.29 is 18.0 Å². The van der Waals surface area contributed by atoms with Crippen LogP contribution in [0.3, 0.4) is 0 Å². The van der Waals surface area contributed by atoms with Gasteiger partial charge >= 0.3 is 5.51 Å². The molecule has 0 heterocycles. The van der Waals surface area contributed by atoms with Crippen LogP contribution in [0.2, 0.25) is 0 Å². The second-order valence-corrected chi connectivity index (χ2v) is 4.55. The summed E-state index contributed by atoms with van der Waals surface area (Å²) in [6, 6.07) is 5.71. The lowest BCUT2D eigenvalue weighted by Crippen LogP contribution is -2.11. The fourth-order valence-corrected chi connectivity index (χ4v) is 1.78. The molecule has 0 saturated heterocycles. The number of amides is 1. The van der Waals surface area contributed by atoms with Crippen LogP contribution >= 0.6 is 11.8 Å². The van der Waals surface area contributed by atoms with Gasteiger partial charge in [-0.25, -0.2) is 0 Å². The minimum absolute atomic E-state index is 0.0136. The number of alkyl halides is 3. The smallest absolute Gasteiger partial charge is 0.325 e. The van der Waals surface area contributed by atoms with Crippen molar-refractivity contribution in [3.8, 4) is 6.07 Å². The molecular formula is C11H9F3N2OS. The van der Waals surface area contributed by atoms with Gasteiger partial charge in [-0.15, -0.1) is 0 Å². The van der Waals surface area contributed by atoms with Crippen molar-refractivity contribution >= 4 is 23.4 Å². The van der Waals surface area contributed by atoms with Crippen LogP contribution in [0, 0.1) is 18.3 Å². The van der Waals surface area contributed by atoms with E-state index in [1.54, 1.807) is 13.0 Å². The average Bonchev–Trinajstić information content (AvgIpc) is 2.21. The summed E-state index contributed by atoms with van der Waals surface area (Å²) in [6.45, 7) is 1.66. The zero-order valence-electron chi connectivity index (χ0n) is 9.34. The van der Waals surface area contributed by atoms with Crippen LogP contribution in [0.5, 0.6) is 0 Å². The normalized spacial score (nSPS) is 10.8. The SMILES string of the molecule is Cc1ccc(SC(F)(F)F)cc1NC(=O)CC#N. The van der Waals surface area contributed by atoms with Gasteiger partial charge in [0.15, 0.2) is 0 Å². The number of anilines is 1. The molecule has 7 heteroatoms. The van der Waals surface area contributed by atoms with E-state index in [4.69, 9.17) is 5.26 Å². The number of aryl methyl sites for hydroxylation is 1. The third-order valence-corrected chi connectivity index (χ3v) is 2.68. The summed E-state index contributed by atoms with van der Waals surface area (Å²) in [6.07, 6.45) is -0.337. The van der Waals surface area contributed by atoms with Crippen molar-refractivity contribution in [1.29, 1.82) is 5.26 Å². The van der Waals surface area contributed by atoms with Crippen molar-refractivity contribution in [2.45, 2.75) is 23.7 Å². The first-order chi connectivity index (χ1) is 8.31. The summed E-state index contributed by atoms with van der Waals surface area (Å²) in [5, 5.41) is 10.7. The summed E-state index contributed by atoms with van der Waals surface area (Å²) in [5.74, 6) is -0.547. The zero-order chi connectivity index (χ0) is 13.8. The Labute approximate surface area is 106 Å². The maximum atomic E-state index is 12.2. The maximum Gasteiger partial charge on any atom is 0.446 e. The molecule has 0 saturated carbocycles. The summed E-state index contributed by atoms with van der Waals surface area (Å²) < 4.78 is 36.6. The number of nitrogens with zero attached hydrogens (tertiary/aromatic N) is 1. The lowest BCUT2D eigenvalue weighted by molar-refractivity contribution is -0.115. The van der Waals surface area contributed by atoms with Crippen LogP contribution < -0.4 is 5.32 Å². The van der Waals surface area contributed by atoms with E-state index >= 15 is 0 Å². The van der Waals surface area contributed by atoms with E-state index in [2.05, 4.69) is 5.32 Å². The molecule has 1 aromatic rings. The number of halogens is 3. The van der Waals surface area contributed by atoms with Crippen molar-refractivity contribution in [1.82, 2.24) is 0 Å². The number of rotatable bonds is 3. The fraction of sp³-hybridized carbons (Fsp3) is 0.273. The van der Waals surface area contributed by atoms with E-state index in [0.29, 0.717) is 5.56 Å². The lowest BCUT2D eigenvalue weighted by atomic mass is 10.2. The van der Waals surface area contributed by atoms with Gasteiger partial charge in [-0.05, 0) is 36.4 Å². The Morgan fingerprint density at radius 2 is 2.17 bits per heavy atom. The molecule has 0 aliphatic carbocycles. The molecule has 1 aromatic carbocycles. The quantitative estimate of drug-likeness (QED) is 0.859. The Balaban J connectivity index is 2.88. The molecule has 1 amide bonds. The molecule has 18 heavy (non-hydrogen) atoms. The highest BCUT2D eigenvalue weighted by Gasteiger charge is 2.29. The number of nitrogens with one attached hydrogen (secondary N) is 1. The first-order valence-electron chi connectivity index (χ1n) is 4.85. The molecule has 96 valence electrons. The first kappa shape index (κ1) is 14.4. The molecule has 3 nitrogen and oxygen atoms in total. The van der Waals surface area contributed by atoms with Gasteiger partial charge in [0, 0.05) is 10.6 Å². The van der Waals surface area contributed by atoms with Gasteiger partial charge < -0.3 is 5.32 Å². The largest absolute Gasteiger partial charge is 0.446 e. The molecule has 0 aliphatic rings. The Morgan fingerprint density at radius 1 is 1.50 bits per heavy atom. The van der Waals surface area contributed by atoms with E-state index in [1.807, 2.05) is 0 Å². The Bertz CT molecular complexity index is 494. The fourth-order valence-electron chi connectivity index (χ4n) is 1.20. The Hall–Kier alpha value is -1.68. The van der Waals surface area contributed by atoms with Crippen molar-refractivity contribution in [2.75, 3.05) is 5.32 Å². The zero-order valence-corrected chi connectivity index (χ0v) is 10.2. The van der Waals surface area contributed by atoms with E-state index in [1.165, 1.54) is 18.2 Å². The molecule has 0 atom stereocenters. The molecule has 0 aromatic heterocycles. The molecule has 0 bridgehead atoms. The predicted molar refractivity (Wildman–Crippen MR) is 62.0 cm³/mol. The van der Waals surface area contributed by atoms with E-state index in [-0.39, 0.29) is 28.8 Å². The molecule has 1 N–H and O–H groups in total. The van der Waals surface area contributed by atoms with E-state index in [9.17, 15) is 18.0 Å². The van der Waals surface area contributed by atoms with Crippen LogP contribution in [0.15, 0.2) is 23.1 Å². The van der Waals surface area contributed by atoms with Crippen LogP contribution in [-0.4, -0.2) is 11.4 Å². The molecule has 0 aliphatic heterocycles. The van der Waals surface area contributed by atoms with Crippen LogP contribution in [0.25, 0.3) is 0 Å². The van der Waals surface area contributed by atoms with Gasteiger partial charge in [0.1, 0.15) is 6.42 Å². The molecule has 1 rings (SSSR count). The Kier molecular flexibility index (Phi) is 4.62. The number of nitriles is 1. The lowest BCUT2D eigenvalue weighted by Gasteiger charge is -2.10. The van der Waals surface area contributed by atoms with Gasteiger partial charge in [-0.2, -0.15) is 18.4 Å². The molecule has 0 radical (unpaired) electrons. The highest BCUT2D eigenvalue weighted by Crippen LogP contribution is 2.38. The predicted octanol–water partition coefficient (Wildman–Crippen LogP) is 3.46. The minimum atomic E-state index is -4.37. The number of carbonyl (C=O) groups excluding carboxylic acids is 1. The first-order valence-corrected chi connectivity index (χ1v) is 5.66. The van der Waals surface area contributed by atoms with E-state index < -0.39 is 11.4 Å². The third-order valence-electron chi connectivity index (χ3n) is 1.96. The second-order valence-electron chi connectivity index (χ2n) is 3.41. The highest BCUT2D eigenvalue weighted by atomic mass is 32.2. The van der Waals surface area contributed by atoms with Gasteiger partial charge in [-0.3, -0.25) is 4.79 Å². The number of thioether (sulfide) groups is 1. The molecule has 0 fully saturated rings. The van der Waals surface area contributed by atoms with Crippen LogP contribution in [-0.2, 0) is 4.79 Å². The molecule has 0 unspecified atom stereocenters. The summed E-state index contributed by atoms with van der Waals surface area (Å²) in [7, 11) is 0. The topological polar surface area (TPSA) is 52.9 Å². The molecule has 0 spiro atoms. The van der Waals surface area contributed by atoms with Crippen LogP contribution in [0.4, 0.5) is 18.9 Å². The minimum Gasteiger partial charge on any atom is -0.325 e. The van der Waals surface area contributed by atoms with Crippen molar-refractivity contribution in [2.24, 2.45) is 0 Å². The maximum absolute atomic E-state index is 12.2. The van der Waals surface area contributed by atoms with Crippen molar-refractivity contribution in [3.63, 3.8) is 0 Å². The van der Waals surface area contributed by atoms with E-state index in [0.717, 1.165) is 0 Å². The monoisotopic (exact) mass is 274 g/mol. The summed E-state index contributed by atoms with van der Waals surface area (Å²) in [5.41, 5.74) is -3.46. The third kappa shape index (κ3) is 4.67. The summed E-state index contributed by atoms with van der Waals surface area (Å²) in [4.78, 5) is 11.2. The van der Waals surface area contributed by atoms with Gasteiger partial charge in [0.05, 0.1) is 6.07 Å².